The van der Waals surface area contributed by atoms with Crippen molar-refractivity contribution in [3.8, 4) is 0 Å². The summed E-state index contributed by atoms with van der Waals surface area (Å²) in [5, 5.41) is 3.86. The lowest BCUT2D eigenvalue weighted by Gasteiger charge is -2.11. The highest BCUT2D eigenvalue weighted by Crippen LogP contribution is 2.20. The molecule has 1 atom stereocenters. The Morgan fingerprint density at radius 3 is 2.25 bits per heavy atom. The first kappa shape index (κ1) is 11.5. The van der Waals surface area contributed by atoms with Gasteiger partial charge < -0.3 is 5.11 Å². The second-order valence-electron chi connectivity index (χ2n) is 2.73. The van der Waals surface area contributed by atoms with E-state index in [2.05, 4.69) is 0 Å². The molecular weight excluding hydrogens is 190 g/mol. The van der Waals surface area contributed by atoms with Crippen molar-refractivity contribution in [1.29, 1.82) is 0 Å². The molecule has 0 aromatic heterocycles. The molecule has 0 aliphatic rings. The van der Waals surface area contributed by atoms with E-state index in [4.69, 9.17) is 5.11 Å². The van der Waals surface area contributed by atoms with Crippen LogP contribution in [0, 0.1) is 5.92 Å². The van der Waals surface area contributed by atoms with Gasteiger partial charge in [-0.3, -0.25) is 4.21 Å². The summed E-state index contributed by atoms with van der Waals surface area (Å²) in [7, 11) is -2.62. The fourth-order valence-electron chi connectivity index (χ4n) is 0.505. The van der Waals surface area contributed by atoms with Crippen LogP contribution in [-0.4, -0.2) is 26.3 Å². The molecule has 0 spiro atoms. The van der Waals surface area contributed by atoms with Gasteiger partial charge in [0.1, 0.15) is 10.8 Å². The van der Waals surface area contributed by atoms with Gasteiger partial charge in [0.25, 0.3) is 0 Å². The maximum absolute atomic E-state index is 12.4. The molecule has 12 heavy (non-hydrogen) atoms. The number of hydrogen-bond acceptors (Lipinski definition) is 2. The summed E-state index contributed by atoms with van der Waals surface area (Å²) in [4.78, 5) is 9.90. The Hall–Kier alpha value is -0.520. The third-order valence-corrected chi connectivity index (χ3v) is 2.74. The Morgan fingerprint density at radius 1 is 1.58 bits per heavy atom. The Labute approximate surface area is 71.2 Å². The quantitative estimate of drug-likeness (QED) is 0.738. The number of rotatable bonds is 4. The Kier molecular flexibility index (Phi) is 3.76. The van der Waals surface area contributed by atoms with Gasteiger partial charge in [0.15, 0.2) is 0 Å². The van der Waals surface area contributed by atoms with Crippen LogP contribution in [0.4, 0.5) is 8.78 Å². The number of carbonyl (C=O) groups is 1. The molecule has 0 aromatic rings. The average Bonchev–Trinajstić information content (AvgIpc) is 1.85. The van der Waals surface area contributed by atoms with Crippen molar-refractivity contribution in [1.82, 2.24) is 0 Å². The standard InChI is InChI=1S/C6H10F2O3S/c1-4(2)3-12(11)6(7,8)5(9)10/h4H,3H2,1-2H3,(H,9,10). The normalized spacial score (nSPS) is 14.8. The maximum Gasteiger partial charge on any atom is 0.415 e. The highest BCUT2D eigenvalue weighted by Gasteiger charge is 2.45. The predicted octanol–water partition coefficient (Wildman–Crippen LogP) is 1.07. The van der Waals surface area contributed by atoms with Gasteiger partial charge in [-0.25, -0.2) is 4.79 Å². The van der Waals surface area contributed by atoms with Gasteiger partial charge in [-0.2, -0.15) is 8.78 Å². The predicted molar refractivity (Wildman–Crippen MR) is 40.4 cm³/mol. The fraction of sp³-hybridized carbons (Fsp3) is 0.833. The Balaban J connectivity index is 4.36. The van der Waals surface area contributed by atoms with Crippen LogP contribution in [0.2, 0.25) is 0 Å². The second kappa shape index (κ2) is 3.93. The van der Waals surface area contributed by atoms with E-state index in [1.165, 1.54) is 0 Å². The zero-order valence-corrected chi connectivity index (χ0v) is 7.53. The van der Waals surface area contributed by atoms with Crippen molar-refractivity contribution in [2.45, 2.75) is 19.1 Å². The zero-order chi connectivity index (χ0) is 9.94. The first-order chi connectivity index (χ1) is 5.28. The van der Waals surface area contributed by atoms with Crippen LogP contribution in [0.25, 0.3) is 0 Å². The lowest BCUT2D eigenvalue weighted by molar-refractivity contribution is -0.153. The summed E-state index contributed by atoms with van der Waals surface area (Å²) in [6, 6.07) is 0. The van der Waals surface area contributed by atoms with Crippen LogP contribution in [0.5, 0.6) is 0 Å². The maximum atomic E-state index is 12.4. The van der Waals surface area contributed by atoms with E-state index < -0.39 is 22.0 Å². The van der Waals surface area contributed by atoms with Crippen LogP contribution < -0.4 is 0 Å². The van der Waals surface area contributed by atoms with Gasteiger partial charge in [-0.1, -0.05) is 13.8 Å². The van der Waals surface area contributed by atoms with E-state index in [0.717, 1.165) is 0 Å². The topological polar surface area (TPSA) is 54.4 Å². The molecule has 0 bridgehead atoms. The summed E-state index contributed by atoms with van der Waals surface area (Å²) in [5.74, 6) is -2.85. The molecule has 1 unspecified atom stereocenters. The minimum absolute atomic E-state index is 0.212. The van der Waals surface area contributed by atoms with Crippen molar-refractivity contribution in [3.05, 3.63) is 0 Å². The molecule has 0 aromatic carbocycles. The molecule has 0 aliphatic carbocycles. The third kappa shape index (κ3) is 2.84. The monoisotopic (exact) mass is 200 g/mol. The number of alkyl halides is 2. The first-order valence-corrected chi connectivity index (χ1v) is 4.60. The largest absolute Gasteiger partial charge is 0.476 e. The minimum Gasteiger partial charge on any atom is -0.476 e. The van der Waals surface area contributed by atoms with Gasteiger partial charge in [0.05, 0.1) is 0 Å². The van der Waals surface area contributed by atoms with Crippen LogP contribution in [0.1, 0.15) is 13.8 Å². The minimum atomic E-state index is -4.12. The van der Waals surface area contributed by atoms with Crippen LogP contribution in [0.3, 0.4) is 0 Å². The Bertz CT molecular complexity index is 203. The number of halogens is 2. The highest BCUT2D eigenvalue weighted by atomic mass is 32.2. The van der Waals surface area contributed by atoms with E-state index in [1.807, 2.05) is 0 Å². The summed E-state index contributed by atoms with van der Waals surface area (Å²) in [6.45, 7) is 3.19. The van der Waals surface area contributed by atoms with Crippen molar-refractivity contribution in [2.24, 2.45) is 5.92 Å². The summed E-state index contributed by atoms with van der Waals surface area (Å²) in [5.41, 5.74) is 0. The van der Waals surface area contributed by atoms with Gasteiger partial charge in [-0.05, 0) is 5.92 Å². The van der Waals surface area contributed by atoms with Gasteiger partial charge in [-0.15, -0.1) is 0 Å². The lowest BCUT2D eigenvalue weighted by atomic mass is 10.3. The SMILES string of the molecule is CC(C)CS(=O)C(F)(F)C(=O)O. The van der Waals surface area contributed by atoms with Crippen LogP contribution in [0.15, 0.2) is 0 Å². The summed E-state index contributed by atoms with van der Waals surface area (Å²) >= 11 is 0. The summed E-state index contributed by atoms with van der Waals surface area (Å²) in [6.07, 6.45) is 0. The molecule has 0 heterocycles. The van der Waals surface area contributed by atoms with Crippen LogP contribution >= 0.6 is 0 Å². The number of carboxylic acids is 1. The second-order valence-corrected chi connectivity index (χ2v) is 4.27. The number of aliphatic carboxylic acids is 1. The summed E-state index contributed by atoms with van der Waals surface area (Å²) < 4.78 is 35.5. The van der Waals surface area contributed by atoms with E-state index in [-0.39, 0.29) is 11.7 Å². The molecule has 0 fully saturated rings. The molecule has 6 heteroatoms. The molecule has 0 saturated carbocycles. The molecule has 0 saturated heterocycles. The number of carboxylic acid groups (broad SMARTS) is 1. The molecular formula is C6H10F2O3S. The molecule has 0 aliphatic heterocycles. The van der Waals surface area contributed by atoms with Crippen molar-refractivity contribution in [3.63, 3.8) is 0 Å². The van der Waals surface area contributed by atoms with Gasteiger partial charge in [0.2, 0.25) is 0 Å². The molecule has 0 radical (unpaired) electrons. The van der Waals surface area contributed by atoms with Crippen LogP contribution in [-0.2, 0) is 15.6 Å². The lowest BCUT2D eigenvalue weighted by Crippen LogP contribution is -2.35. The number of hydrogen-bond donors (Lipinski definition) is 1. The van der Waals surface area contributed by atoms with Gasteiger partial charge in [0, 0.05) is 5.75 Å². The molecule has 0 amide bonds. The zero-order valence-electron chi connectivity index (χ0n) is 6.71. The van der Waals surface area contributed by atoms with E-state index in [1.54, 1.807) is 13.8 Å². The average molecular weight is 200 g/mol. The van der Waals surface area contributed by atoms with E-state index in [9.17, 15) is 17.8 Å². The van der Waals surface area contributed by atoms with Crippen molar-refractivity contribution < 1.29 is 22.9 Å². The van der Waals surface area contributed by atoms with Gasteiger partial charge >= 0.3 is 11.2 Å². The molecule has 1 N–H and O–H groups in total. The smallest absolute Gasteiger partial charge is 0.415 e. The molecule has 0 rings (SSSR count). The first-order valence-electron chi connectivity index (χ1n) is 3.28. The highest BCUT2D eigenvalue weighted by molar-refractivity contribution is 7.86. The fourth-order valence-corrected chi connectivity index (χ4v) is 1.51. The Morgan fingerprint density at radius 2 is 2.00 bits per heavy atom. The molecule has 72 valence electrons. The van der Waals surface area contributed by atoms with E-state index >= 15 is 0 Å². The third-order valence-electron chi connectivity index (χ3n) is 1.02. The van der Waals surface area contributed by atoms with Crippen molar-refractivity contribution >= 4 is 16.8 Å². The molecule has 3 nitrogen and oxygen atoms in total. The van der Waals surface area contributed by atoms with E-state index in [0.29, 0.717) is 0 Å². The van der Waals surface area contributed by atoms with Crippen molar-refractivity contribution in [2.75, 3.05) is 5.75 Å².